The molecule has 0 saturated carbocycles. The number of benzene rings is 3. The van der Waals surface area contributed by atoms with E-state index in [1.807, 2.05) is 6.07 Å². The summed E-state index contributed by atoms with van der Waals surface area (Å²) in [7, 11) is 2.19. The van der Waals surface area contributed by atoms with Crippen LogP contribution in [0.25, 0.3) is 33.9 Å². The van der Waals surface area contributed by atoms with Crippen LogP contribution < -0.4 is 15.5 Å². The first-order valence-corrected chi connectivity index (χ1v) is 8.76. The molecule has 2 atom stereocenters. The highest BCUT2D eigenvalue weighted by molar-refractivity contribution is 5.91. The molecule has 0 N–H and O–H groups in total. The van der Waals surface area contributed by atoms with Gasteiger partial charge in [-0.05, 0) is 40.6 Å². The highest BCUT2D eigenvalue weighted by Gasteiger charge is 2.36. The van der Waals surface area contributed by atoms with E-state index in [9.17, 15) is 0 Å². The van der Waals surface area contributed by atoms with Crippen LogP contribution in [0.15, 0.2) is 65.1 Å². The van der Waals surface area contributed by atoms with Crippen molar-refractivity contribution in [3.8, 4) is 0 Å². The summed E-state index contributed by atoms with van der Waals surface area (Å²) in [5.41, 5.74) is 4.72. The third-order valence-electron chi connectivity index (χ3n) is 5.78. The maximum absolute atomic E-state index is 6.11. The SMILES string of the molecule is CN1c2cc3ccccc3cc2C2C=c3c(oc4ccccc34)=CC21. The molecule has 25 heavy (non-hydrogen) atoms. The lowest BCUT2D eigenvalue weighted by Crippen LogP contribution is -2.37. The standard InChI is InChI=1S/C23H17NO/c1-24-20-11-15-7-3-2-6-14(15)10-17(20)18-12-19-16-8-4-5-9-22(16)25-23(19)13-21(18)24/h2-13,18,21H,1H3. The Balaban J connectivity index is 1.66. The van der Waals surface area contributed by atoms with Crippen LogP contribution in [-0.4, -0.2) is 13.1 Å². The molecule has 6 rings (SSSR count). The molecule has 2 nitrogen and oxygen atoms in total. The van der Waals surface area contributed by atoms with Gasteiger partial charge in [0.25, 0.3) is 0 Å². The van der Waals surface area contributed by atoms with Crippen molar-refractivity contribution in [2.24, 2.45) is 0 Å². The van der Waals surface area contributed by atoms with E-state index in [-0.39, 0.29) is 0 Å². The van der Waals surface area contributed by atoms with Crippen molar-refractivity contribution in [3.05, 3.63) is 76.9 Å². The van der Waals surface area contributed by atoms with Crippen LogP contribution in [0.5, 0.6) is 0 Å². The minimum Gasteiger partial charge on any atom is -0.456 e. The van der Waals surface area contributed by atoms with Gasteiger partial charge in [0, 0.05) is 29.3 Å². The summed E-state index contributed by atoms with van der Waals surface area (Å²) >= 11 is 0. The van der Waals surface area contributed by atoms with Crippen molar-refractivity contribution in [2.45, 2.75) is 12.0 Å². The quantitative estimate of drug-likeness (QED) is 0.490. The van der Waals surface area contributed by atoms with Crippen LogP contribution in [0.3, 0.4) is 0 Å². The largest absolute Gasteiger partial charge is 0.456 e. The van der Waals surface area contributed by atoms with Gasteiger partial charge in [-0.1, -0.05) is 48.5 Å². The minimum absolute atomic E-state index is 0.319. The Bertz CT molecular complexity index is 1280. The monoisotopic (exact) mass is 323 g/mol. The van der Waals surface area contributed by atoms with Gasteiger partial charge < -0.3 is 9.32 Å². The summed E-state index contributed by atoms with van der Waals surface area (Å²) in [5, 5.41) is 5.07. The predicted octanol–water partition coefficient (Wildman–Crippen LogP) is 3.76. The van der Waals surface area contributed by atoms with Crippen LogP contribution in [0, 0.1) is 0 Å². The van der Waals surface area contributed by atoms with Gasteiger partial charge in [-0.2, -0.15) is 0 Å². The molecule has 1 aliphatic carbocycles. The van der Waals surface area contributed by atoms with Gasteiger partial charge in [-0.3, -0.25) is 0 Å². The van der Waals surface area contributed by atoms with Gasteiger partial charge in [-0.25, -0.2) is 0 Å². The summed E-state index contributed by atoms with van der Waals surface area (Å²) in [5.74, 6) is 0.373. The number of furan rings is 1. The lowest BCUT2D eigenvalue weighted by Gasteiger charge is -2.23. The Morgan fingerprint density at radius 3 is 2.52 bits per heavy atom. The zero-order valence-electron chi connectivity index (χ0n) is 13.9. The topological polar surface area (TPSA) is 16.4 Å². The Morgan fingerprint density at radius 2 is 1.64 bits per heavy atom. The van der Waals surface area contributed by atoms with Crippen molar-refractivity contribution in [1.82, 2.24) is 0 Å². The van der Waals surface area contributed by atoms with Gasteiger partial charge in [0.2, 0.25) is 0 Å². The molecule has 2 heteroatoms. The first-order chi connectivity index (χ1) is 12.3. The van der Waals surface area contributed by atoms with E-state index in [0.717, 1.165) is 11.0 Å². The summed E-state index contributed by atoms with van der Waals surface area (Å²) < 4.78 is 6.11. The molecule has 120 valence electrons. The molecule has 2 heterocycles. The number of anilines is 1. The van der Waals surface area contributed by atoms with Gasteiger partial charge >= 0.3 is 0 Å². The number of rotatable bonds is 0. The van der Waals surface area contributed by atoms with E-state index in [1.165, 1.54) is 32.6 Å². The van der Waals surface area contributed by atoms with Crippen LogP contribution in [0.4, 0.5) is 5.69 Å². The highest BCUT2D eigenvalue weighted by Crippen LogP contribution is 2.44. The summed E-state index contributed by atoms with van der Waals surface area (Å²) in [6, 6.07) is 21.9. The fraction of sp³-hybridized carbons (Fsp3) is 0.130. The van der Waals surface area contributed by atoms with Gasteiger partial charge in [0.05, 0.1) is 6.04 Å². The van der Waals surface area contributed by atoms with E-state index >= 15 is 0 Å². The molecule has 0 saturated heterocycles. The maximum Gasteiger partial charge on any atom is 0.135 e. The molecule has 4 aromatic rings. The van der Waals surface area contributed by atoms with E-state index in [4.69, 9.17) is 4.42 Å². The average Bonchev–Trinajstić information content (AvgIpc) is 3.14. The molecule has 2 aliphatic rings. The summed E-state index contributed by atoms with van der Waals surface area (Å²) in [6.45, 7) is 0. The molecule has 0 amide bonds. The predicted molar refractivity (Wildman–Crippen MR) is 103 cm³/mol. The number of hydrogen-bond donors (Lipinski definition) is 0. The second-order valence-electron chi connectivity index (χ2n) is 7.09. The zero-order valence-corrected chi connectivity index (χ0v) is 13.9. The van der Waals surface area contributed by atoms with Crippen molar-refractivity contribution in [1.29, 1.82) is 0 Å². The number of hydrogen-bond acceptors (Lipinski definition) is 2. The van der Waals surface area contributed by atoms with Crippen LogP contribution in [-0.2, 0) is 0 Å². The Kier molecular flexibility index (Phi) is 2.42. The van der Waals surface area contributed by atoms with E-state index in [2.05, 4.69) is 78.7 Å². The first kappa shape index (κ1) is 13.3. The van der Waals surface area contributed by atoms with E-state index in [1.54, 1.807) is 0 Å². The van der Waals surface area contributed by atoms with Crippen molar-refractivity contribution in [3.63, 3.8) is 0 Å². The Morgan fingerprint density at radius 1 is 0.880 bits per heavy atom. The fourth-order valence-corrected chi connectivity index (χ4v) is 4.52. The maximum atomic E-state index is 6.11. The van der Waals surface area contributed by atoms with Gasteiger partial charge in [0.1, 0.15) is 11.0 Å². The highest BCUT2D eigenvalue weighted by atomic mass is 16.3. The Labute approximate surface area is 145 Å². The normalized spacial score (nSPS) is 20.8. The van der Waals surface area contributed by atoms with Crippen LogP contribution in [0.2, 0.25) is 0 Å². The summed E-state index contributed by atoms with van der Waals surface area (Å²) in [4.78, 5) is 2.39. The van der Waals surface area contributed by atoms with E-state index < -0.39 is 0 Å². The molecule has 1 aromatic heterocycles. The van der Waals surface area contributed by atoms with Crippen molar-refractivity contribution >= 4 is 39.6 Å². The number of nitrogens with zero attached hydrogens (tertiary/aromatic N) is 1. The molecular weight excluding hydrogens is 306 g/mol. The molecule has 2 unspecified atom stereocenters. The molecule has 3 aromatic carbocycles. The average molecular weight is 323 g/mol. The van der Waals surface area contributed by atoms with Crippen LogP contribution >= 0.6 is 0 Å². The molecule has 0 spiro atoms. The smallest absolute Gasteiger partial charge is 0.135 e. The Hall–Kier alpha value is -3.00. The molecule has 0 radical (unpaired) electrons. The third kappa shape index (κ3) is 1.69. The van der Waals surface area contributed by atoms with Gasteiger partial charge in [0.15, 0.2) is 0 Å². The fourth-order valence-electron chi connectivity index (χ4n) is 4.52. The molecule has 1 aliphatic heterocycles. The first-order valence-electron chi connectivity index (χ1n) is 8.76. The van der Waals surface area contributed by atoms with Crippen molar-refractivity contribution < 1.29 is 4.42 Å². The second-order valence-corrected chi connectivity index (χ2v) is 7.09. The number of fused-ring (bicyclic) bond motifs is 7. The van der Waals surface area contributed by atoms with Crippen LogP contribution in [0.1, 0.15) is 11.5 Å². The number of likely N-dealkylation sites (N-methyl/N-ethyl adjacent to an activating group) is 1. The van der Waals surface area contributed by atoms with Crippen molar-refractivity contribution in [2.75, 3.05) is 11.9 Å². The lowest BCUT2D eigenvalue weighted by molar-refractivity contribution is 0.566. The zero-order chi connectivity index (χ0) is 16.5. The molecule has 0 bridgehead atoms. The molecule has 0 fully saturated rings. The lowest BCUT2D eigenvalue weighted by atomic mass is 9.89. The third-order valence-corrected chi connectivity index (χ3v) is 5.78. The molecular formula is C23H17NO. The minimum atomic E-state index is 0.319. The summed E-state index contributed by atoms with van der Waals surface area (Å²) in [6.07, 6.45) is 4.70. The van der Waals surface area contributed by atoms with E-state index in [0.29, 0.717) is 12.0 Å². The second kappa shape index (κ2) is 4.54. The number of para-hydroxylation sites is 1. The van der Waals surface area contributed by atoms with Gasteiger partial charge in [-0.15, -0.1) is 0 Å².